The first-order valence-corrected chi connectivity index (χ1v) is 12.0. The van der Waals surface area contributed by atoms with Gasteiger partial charge in [0.2, 0.25) is 0 Å². The summed E-state index contributed by atoms with van der Waals surface area (Å²) >= 11 is 0. The van der Waals surface area contributed by atoms with Gasteiger partial charge in [-0.25, -0.2) is 0 Å². The number of nitrogens with one attached hydrogen (secondary N) is 2. The molecule has 162 valence electrons. The summed E-state index contributed by atoms with van der Waals surface area (Å²) in [5.74, 6) is 2.76. The zero-order valence-electron chi connectivity index (χ0n) is 18.4. The number of para-hydroxylation sites is 1. The van der Waals surface area contributed by atoms with Gasteiger partial charge in [-0.2, -0.15) is 0 Å². The van der Waals surface area contributed by atoms with Crippen molar-refractivity contribution in [2.75, 3.05) is 10.6 Å². The van der Waals surface area contributed by atoms with Crippen LogP contribution in [0.1, 0.15) is 54.4 Å². The molecule has 7 rings (SSSR count). The van der Waals surface area contributed by atoms with Crippen molar-refractivity contribution in [2.24, 2.45) is 17.8 Å². The van der Waals surface area contributed by atoms with Crippen molar-refractivity contribution in [3.05, 3.63) is 90.0 Å². The van der Waals surface area contributed by atoms with Gasteiger partial charge in [0.05, 0.1) is 0 Å². The highest BCUT2D eigenvalue weighted by Crippen LogP contribution is 2.60. The third-order valence-electron chi connectivity index (χ3n) is 8.00. The van der Waals surface area contributed by atoms with Crippen molar-refractivity contribution >= 4 is 23.0 Å². The summed E-state index contributed by atoms with van der Waals surface area (Å²) < 4.78 is 0. The second-order valence-corrected chi connectivity index (χ2v) is 10.3. The zero-order valence-corrected chi connectivity index (χ0v) is 18.4. The van der Waals surface area contributed by atoms with Crippen molar-refractivity contribution in [2.45, 2.75) is 43.9 Å². The van der Waals surface area contributed by atoms with Crippen molar-refractivity contribution in [3.8, 4) is 0 Å². The molecule has 3 heteroatoms. The molecule has 4 aliphatic carbocycles. The molecule has 0 aliphatic heterocycles. The van der Waals surface area contributed by atoms with Crippen molar-refractivity contribution in [3.63, 3.8) is 0 Å². The number of carbonyl (C=O) groups is 1. The highest BCUT2D eigenvalue weighted by molar-refractivity contribution is 6.04. The Morgan fingerprint density at radius 1 is 0.656 bits per heavy atom. The molecule has 0 radical (unpaired) electrons. The minimum Gasteiger partial charge on any atom is -0.356 e. The van der Waals surface area contributed by atoms with Gasteiger partial charge in [0.25, 0.3) is 5.91 Å². The average Bonchev–Trinajstić information content (AvgIpc) is 2.80. The van der Waals surface area contributed by atoms with Crippen LogP contribution in [0, 0.1) is 17.8 Å². The molecule has 1 amide bonds. The maximum atomic E-state index is 12.8. The van der Waals surface area contributed by atoms with Crippen molar-refractivity contribution in [1.82, 2.24) is 0 Å². The van der Waals surface area contributed by atoms with E-state index < -0.39 is 0 Å². The first-order valence-electron chi connectivity index (χ1n) is 12.0. The summed E-state index contributed by atoms with van der Waals surface area (Å²) in [5, 5.41) is 6.42. The minimum absolute atomic E-state index is 0.0705. The highest BCUT2D eigenvalue weighted by Gasteiger charge is 2.51. The Hall–Kier alpha value is -3.07. The van der Waals surface area contributed by atoms with Gasteiger partial charge >= 0.3 is 0 Å². The Bertz CT molecular complexity index is 1070. The van der Waals surface area contributed by atoms with Crippen LogP contribution in [0.5, 0.6) is 0 Å². The highest BCUT2D eigenvalue weighted by atomic mass is 16.1. The third-order valence-corrected chi connectivity index (χ3v) is 8.00. The van der Waals surface area contributed by atoms with Crippen LogP contribution in [-0.2, 0) is 5.41 Å². The van der Waals surface area contributed by atoms with Crippen molar-refractivity contribution < 1.29 is 4.79 Å². The number of amides is 1. The van der Waals surface area contributed by atoms with E-state index in [9.17, 15) is 4.79 Å². The molecular formula is C29H30N2O. The molecule has 0 saturated heterocycles. The number of rotatable bonds is 5. The van der Waals surface area contributed by atoms with Crippen LogP contribution in [0.4, 0.5) is 17.1 Å². The molecule has 0 unspecified atom stereocenters. The summed E-state index contributed by atoms with van der Waals surface area (Å²) in [6.45, 7) is 0. The summed E-state index contributed by atoms with van der Waals surface area (Å²) in [6.07, 6.45) is 8.50. The maximum absolute atomic E-state index is 12.8. The van der Waals surface area contributed by atoms with Gasteiger partial charge in [-0.15, -0.1) is 0 Å². The van der Waals surface area contributed by atoms with Gasteiger partial charge in [-0.1, -0.05) is 30.3 Å². The monoisotopic (exact) mass is 422 g/mol. The second-order valence-electron chi connectivity index (χ2n) is 10.3. The van der Waals surface area contributed by atoms with Gasteiger partial charge in [0, 0.05) is 22.6 Å². The number of carbonyl (C=O) groups excluding carboxylic acids is 1. The predicted octanol–water partition coefficient (Wildman–Crippen LogP) is 7.15. The fourth-order valence-electron chi connectivity index (χ4n) is 6.97. The third kappa shape index (κ3) is 3.70. The smallest absolute Gasteiger partial charge is 0.255 e. The van der Waals surface area contributed by atoms with Gasteiger partial charge in [-0.05, 0) is 116 Å². The Morgan fingerprint density at radius 3 is 1.78 bits per heavy atom. The van der Waals surface area contributed by atoms with Gasteiger partial charge in [0.1, 0.15) is 0 Å². The lowest BCUT2D eigenvalue weighted by atomic mass is 9.48. The Balaban J connectivity index is 1.12. The second kappa shape index (κ2) is 7.81. The predicted molar refractivity (Wildman–Crippen MR) is 130 cm³/mol. The summed E-state index contributed by atoms with van der Waals surface area (Å²) in [6, 6.07) is 26.4. The first-order chi connectivity index (χ1) is 15.6. The first kappa shape index (κ1) is 19.6. The standard InChI is InChI=1S/C29H30N2O/c32-28(23-6-10-26(11-7-23)30-25-4-2-1-3-5-25)31-27-12-8-24(9-13-27)29-17-20-14-21(18-29)16-22(15-20)19-29/h1-13,20-22,30H,14-19H2,(H,31,32). The van der Waals surface area contributed by atoms with E-state index in [1.165, 1.54) is 44.1 Å². The fraction of sp³-hybridized carbons (Fsp3) is 0.345. The van der Waals surface area contributed by atoms with E-state index in [1.807, 2.05) is 54.6 Å². The lowest BCUT2D eigenvalue weighted by Crippen LogP contribution is -2.48. The average molecular weight is 423 g/mol. The van der Waals surface area contributed by atoms with E-state index in [0.717, 1.165) is 34.8 Å². The molecule has 2 N–H and O–H groups in total. The molecule has 0 aromatic heterocycles. The van der Waals surface area contributed by atoms with Crippen LogP contribution in [0.25, 0.3) is 0 Å². The van der Waals surface area contributed by atoms with Crippen LogP contribution in [0.15, 0.2) is 78.9 Å². The van der Waals surface area contributed by atoms with Crippen LogP contribution in [-0.4, -0.2) is 5.91 Å². The van der Waals surface area contributed by atoms with Crippen LogP contribution in [0.2, 0.25) is 0 Å². The zero-order chi connectivity index (χ0) is 21.5. The van der Waals surface area contributed by atoms with Crippen molar-refractivity contribution in [1.29, 1.82) is 0 Å². The summed E-state index contributed by atoms with van der Waals surface area (Å²) in [4.78, 5) is 12.8. The van der Waals surface area contributed by atoms with Gasteiger partial charge in [0.15, 0.2) is 0 Å². The van der Waals surface area contributed by atoms with Gasteiger partial charge in [-0.3, -0.25) is 4.79 Å². The molecular weight excluding hydrogens is 392 g/mol. The molecule has 3 nitrogen and oxygen atoms in total. The SMILES string of the molecule is O=C(Nc1ccc(C23CC4CC(CC(C4)C2)C3)cc1)c1ccc(Nc2ccccc2)cc1. The topological polar surface area (TPSA) is 41.1 Å². The van der Waals surface area contributed by atoms with E-state index in [-0.39, 0.29) is 5.91 Å². The molecule has 0 heterocycles. The number of hydrogen-bond donors (Lipinski definition) is 2. The quantitative estimate of drug-likeness (QED) is 0.458. The Kier molecular flexibility index (Phi) is 4.78. The Labute approximate surface area is 190 Å². The largest absolute Gasteiger partial charge is 0.356 e. The van der Waals surface area contributed by atoms with Gasteiger partial charge < -0.3 is 10.6 Å². The fourth-order valence-corrected chi connectivity index (χ4v) is 6.97. The summed E-state index contributed by atoms with van der Waals surface area (Å²) in [5.41, 5.74) is 5.42. The maximum Gasteiger partial charge on any atom is 0.255 e. The van der Waals surface area contributed by atoms with E-state index >= 15 is 0 Å². The van der Waals surface area contributed by atoms with Crippen LogP contribution >= 0.6 is 0 Å². The normalized spacial score (nSPS) is 27.8. The summed E-state index contributed by atoms with van der Waals surface area (Å²) in [7, 11) is 0. The van der Waals surface area contributed by atoms with Crippen LogP contribution < -0.4 is 10.6 Å². The molecule has 4 aliphatic rings. The van der Waals surface area contributed by atoms with E-state index in [4.69, 9.17) is 0 Å². The molecule has 4 bridgehead atoms. The number of anilines is 3. The molecule has 32 heavy (non-hydrogen) atoms. The van der Waals surface area contributed by atoms with Crippen LogP contribution in [0.3, 0.4) is 0 Å². The van der Waals surface area contributed by atoms with E-state index in [0.29, 0.717) is 11.0 Å². The minimum atomic E-state index is -0.0705. The number of benzene rings is 3. The molecule has 0 spiro atoms. The molecule has 4 saturated carbocycles. The molecule has 3 aromatic rings. The van der Waals surface area contributed by atoms with E-state index in [1.54, 1.807) is 0 Å². The lowest BCUT2D eigenvalue weighted by molar-refractivity contribution is -0.00518. The van der Waals surface area contributed by atoms with E-state index in [2.05, 4.69) is 34.9 Å². The molecule has 0 atom stereocenters. The molecule has 4 fully saturated rings. The Morgan fingerprint density at radius 2 is 1.19 bits per heavy atom. The number of hydrogen-bond acceptors (Lipinski definition) is 2. The molecule has 3 aromatic carbocycles. The lowest BCUT2D eigenvalue weighted by Gasteiger charge is -2.57.